The Morgan fingerprint density at radius 3 is 2.62 bits per heavy atom. The Morgan fingerprint density at radius 2 is 2.00 bits per heavy atom. The van der Waals surface area contributed by atoms with Crippen molar-refractivity contribution in [2.24, 2.45) is 5.92 Å². The molecule has 88 valence electrons. The van der Waals surface area contributed by atoms with Crippen LogP contribution in [0.2, 0.25) is 0 Å². The van der Waals surface area contributed by atoms with Crippen LogP contribution in [-0.2, 0) is 5.60 Å². The van der Waals surface area contributed by atoms with Crippen LogP contribution in [0.4, 0.5) is 0 Å². The summed E-state index contributed by atoms with van der Waals surface area (Å²) in [5, 5.41) is 13.6. The summed E-state index contributed by atoms with van der Waals surface area (Å²) >= 11 is 0. The van der Waals surface area contributed by atoms with Crippen molar-refractivity contribution in [1.29, 1.82) is 0 Å². The van der Waals surface area contributed by atoms with E-state index in [0.29, 0.717) is 6.54 Å². The van der Waals surface area contributed by atoms with Gasteiger partial charge >= 0.3 is 0 Å². The Bertz CT molecular complexity index is 317. The van der Waals surface area contributed by atoms with Crippen LogP contribution in [0.5, 0.6) is 0 Å². The lowest BCUT2D eigenvalue weighted by atomic mass is 9.96. The van der Waals surface area contributed by atoms with Crippen molar-refractivity contribution in [2.75, 3.05) is 13.1 Å². The average molecular weight is 219 g/mol. The molecule has 2 heteroatoms. The number of hydrogen-bond donors (Lipinski definition) is 2. The second-order valence-electron chi connectivity index (χ2n) is 5.05. The minimum atomic E-state index is -0.759. The van der Waals surface area contributed by atoms with Crippen LogP contribution in [0.1, 0.15) is 31.7 Å². The zero-order chi connectivity index (χ0) is 11.4. The Balaban J connectivity index is 1.77. The Kier molecular flexibility index (Phi) is 3.62. The monoisotopic (exact) mass is 219 g/mol. The largest absolute Gasteiger partial charge is 0.384 e. The summed E-state index contributed by atoms with van der Waals surface area (Å²) in [6.07, 6.45) is 4.05. The van der Waals surface area contributed by atoms with Crippen LogP contribution in [0.25, 0.3) is 0 Å². The fraction of sp³-hybridized carbons (Fsp3) is 0.571. The minimum Gasteiger partial charge on any atom is -0.384 e. The van der Waals surface area contributed by atoms with Crippen molar-refractivity contribution in [3.05, 3.63) is 35.9 Å². The van der Waals surface area contributed by atoms with E-state index in [1.165, 1.54) is 19.3 Å². The molecular weight excluding hydrogens is 198 g/mol. The van der Waals surface area contributed by atoms with Gasteiger partial charge in [0.1, 0.15) is 0 Å². The third kappa shape index (κ3) is 3.32. The summed E-state index contributed by atoms with van der Waals surface area (Å²) in [7, 11) is 0. The van der Waals surface area contributed by atoms with Crippen LogP contribution >= 0.6 is 0 Å². The highest BCUT2D eigenvalue weighted by Crippen LogP contribution is 2.31. The maximum atomic E-state index is 10.3. The van der Waals surface area contributed by atoms with E-state index in [1.807, 2.05) is 37.3 Å². The maximum Gasteiger partial charge on any atom is 0.0992 e. The molecule has 1 aromatic rings. The minimum absolute atomic E-state index is 0.629. The lowest BCUT2D eigenvalue weighted by Gasteiger charge is -2.24. The van der Waals surface area contributed by atoms with Crippen LogP contribution in [0.15, 0.2) is 30.3 Å². The molecule has 2 nitrogen and oxygen atoms in total. The highest BCUT2D eigenvalue weighted by Gasteiger charge is 2.23. The summed E-state index contributed by atoms with van der Waals surface area (Å²) in [6.45, 7) is 3.52. The molecule has 0 bridgehead atoms. The number of aliphatic hydroxyl groups is 1. The SMILES string of the molecule is CC(O)(CNCCC1CC1)c1ccccc1. The van der Waals surface area contributed by atoms with Gasteiger partial charge in [0, 0.05) is 6.54 Å². The first-order valence-electron chi connectivity index (χ1n) is 6.17. The van der Waals surface area contributed by atoms with Gasteiger partial charge in [-0.1, -0.05) is 43.2 Å². The van der Waals surface area contributed by atoms with E-state index < -0.39 is 5.60 Å². The van der Waals surface area contributed by atoms with Crippen LogP contribution in [0, 0.1) is 5.92 Å². The topological polar surface area (TPSA) is 32.3 Å². The van der Waals surface area contributed by atoms with Crippen molar-refractivity contribution in [3.63, 3.8) is 0 Å². The standard InChI is InChI=1S/C14H21NO/c1-14(16,13-5-3-2-4-6-13)11-15-10-9-12-7-8-12/h2-6,12,15-16H,7-11H2,1H3. The fourth-order valence-electron chi connectivity index (χ4n) is 1.94. The quantitative estimate of drug-likeness (QED) is 0.719. The fourth-order valence-corrected chi connectivity index (χ4v) is 1.94. The molecule has 1 aliphatic carbocycles. The van der Waals surface area contributed by atoms with Gasteiger partial charge in [-0.2, -0.15) is 0 Å². The molecule has 16 heavy (non-hydrogen) atoms. The second-order valence-corrected chi connectivity index (χ2v) is 5.05. The molecule has 1 aliphatic rings. The lowest BCUT2D eigenvalue weighted by molar-refractivity contribution is 0.0570. The van der Waals surface area contributed by atoms with Gasteiger partial charge in [0.15, 0.2) is 0 Å². The summed E-state index contributed by atoms with van der Waals surface area (Å²) in [5.74, 6) is 0.953. The van der Waals surface area contributed by atoms with Crippen LogP contribution in [-0.4, -0.2) is 18.2 Å². The molecule has 1 saturated carbocycles. The highest BCUT2D eigenvalue weighted by molar-refractivity contribution is 5.21. The van der Waals surface area contributed by atoms with Gasteiger partial charge in [-0.25, -0.2) is 0 Å². The Labute approximate surface area is 97.7 Å². The molecule has 0 heterocycles. The third-order valence-electron chi connectivity index (χ3n) is 3.29. The predicted octanol–water partition coefficient (Wildman–Crippen LogP) is 2.28. The van der Waals surface area contributed by atoms with Crippen LogP contribution < -0.4 is 5.32 Å². The van der Waals surface area contributed by atoms with E-state index in [0.717, 1.165) is 18.0 Å². The van der Waals surface area contributed by atoms with Gasteiger partial charge in [-0.3, -0.25) is 0 Å². The van der Waals surface area contributed by atoms with Gasteiger partial charge < -0.3 is 10.4 Å². The average Bonchev–Trinajstić information content (AvgIpc) is 3.10. The molecule has 0 aliphatic heterocycles. The van der Waals surface area contributed by atoms with E-state index >= 15 is 0 Å². The molecule has 1 aromatic carbocycles. The van der Waals surface area contributed by atoms with Crippen molar-refractivity contribution >= 4 is 0 Å². The second kappa shape index (κ2) is 4.98. The van der Waals surface area contributed by atoms with Crippen molar-refractivity contribution < 1.29 is 5.11 Å². The molecular formula is C14H21NO. The van der Waals surface area contributed by atoms with E-state index in [9.17, 15) is 5.11 Å². The molecule has 0 radical (unpaired) electrons. The Morgan fingerprint density at radius 1 is 1.31 bits per heavy atom. The van der Waals surface area contributed by atoms with E-state index in [2.05, 4.69) is 5.32 Å². The normalized spacial score (nSPS) is 19.4. The molecule has 0 amide bonds. The molecule has 1 atom stereocenters. The number of hydrogen-bond acceptors (Lipinski definition) is 2. The van der Waals surface area contributed by atoms with Gasteiger partial charge in [0.05, 0.1) is 5.60 Å². The van der Waals surface area contributed by atoms with Gasteiger partial charge in [0.25, 0.3) is 0 Å². The van der Waals surface area contributed by atoms with E-state index in [4.69, 9.17) is 0 Å². The van der Waals surface area contributed by atoms with Gasteiger partial charge in [0.2, 0.25) is 0 Å². The molecule has 2 N–H and O–H groups in total. The van der Waals surface area contributed by atoms with E-state index in [1.54, 1.807) is 0 Å². The summed E-state index contributed by atoms with van der Waals surface area (Å²) in [4.78, 5) is 0. The molecule has 0 aromatic heterocycles. The molecule has 0 spiro atoms. The first-order chi connectivity index (χ1) is 7.68. The number of benzene rings is 1. The first-order valence-corrected chi connectivity index (χ1v) is 6.17. The zero-order valence-corrected chi connectivity index (χ0v) is 9.95. The maximum absolute atomic E-state index is 10.3. The number of nitrogens with one attached hydrogen (secondary N) is 1. The number of rotatable bonds is 6. The van der Waals surface area contributed by atoms with Gasteiger partial charge in [-0.05, 0) is 31.4 Å². The Hall–Kier alpha value is -0.860. The van der Waals surface area contributed by atoms with E-state index in [-0.39, 0.29) is 0 Å². The summed E-state index contributed by atoms with van der Waals surface area (Å²) in [5.41, 5.74) is 0.221. The molecule has 0 saturated heterocycles. The molecule has 2 rings (SSSR count). The lowest BCUT2D eigenvalue weighted by Crippen LogP contribution is -2.35. The van der Waals surface area contributed by atoms with Crippen molar-refractivity contribution in [2.45, 2.75) is 31.8 Å². The van der Waals surface area contributed by atoms with Crippen molar-refractivity contribution in [3.8, 4) is 0 Å². The predicted molar refractivity (Wildman–Crippen MR) is 66.2 cm³/mol. The van der Waals surface area contributed by atoms with Crippen LogP contribution in [0.3, 0.4) is 0 Å². The summed E-state index contributed by atoms with van der Waals surface area (Å²) < 4.78 is 0. The van der Waals surface area contributed by atoms with Gasteiger partial charge in [-0.15, -0.1) is 0 Å². The third-order valence-corrected chi connectivity index (χ3v) is 3.29. The summed E-state index contributed by atoms with van der Waals surface area (Å²) in [6, 6.07) is 9.85. The molecule has 1 fully saturated rings. The zero-order valence-electron chi connectivity index (χ0n) is 9.95. The molecule has 1 unspecified atom stereocenters. The smallest absolute Gasteiger partial charge is 0.0992 e. The highest BCUT2D eigenvalue weighted by atomic mass is 16.3. The van der Waals surface area contributed by atoms with Crippen molar-refractivity contribution in [1.82, 2.24) is 5.32 Å². The first kappa shape index (κ1) is 11.6.